The molecule has 2 aromatic heterocycles. The number of nitrogens with zero attached hydrogens (tertiary/aromatic N) is 7. The number of likely N-dealkylation sites (tertiary alicyclic amines) is 1. The number of piperidine rings is 1. The molecule has 0 spiro atoms. The summed E-state index contributed by atoms with van der Waals surface area (Å²) in [4.78, 5) is 17.4. The van der Waals surface area contributed by atoms with Crippen LogP contribution in [0.1, 0.15) is 72.2 Å². The quantitative estimate of drug-likeness (QED) is 0.793. The van der Waals surface area contributed by atoms with Crippen LogP contribution in [-0.4, -0.2) is 68.3 Å². The fourth-order valence-electron chi connectivity index (χ4n) is 4.80. The lowest BCUT2D eigenvalue weighted by atomic mass is 9.86. The highest BCUT2D eigenvalue weighted by Crippen LogP contribution is 2.38. The third-order valence-corrected chi connectivity index (χ3v) is 6.44. The Kier molecular flexibility index (Phi) is 4.95. The first-order valence-electron chi connectivity index (χ1n) is 10.1. The number of rotatable bonds is 4. The number of amides is 1. The van der Waals surface area contributed by atoms with Gasteiger partial charge >= 0.3 is 0 Å². The van der Waals surface area contributed by atoms with Crippen molar-refractivity contribution in [1.29, 1.82) is 0 Å². The lowest BCUT2D eigenvalue weighted by Gasteiger charge is -2.46. The fourth-order valence-corrected chi connectivity index (χ4v) is 4.80. The van der Waals surface area contributed by atoms with Crippen molar-refractivity contribution in [1.82, 2.24) is 35.2 Å². The van der Waals surface area contributed by atoms with E-state index < -0.39 is 5.54 Å². The molecule has 3 heterocycles. The Hall–Kier alpha value is -2.29. The van der Waals surface area contributed by atoms with Crippen LogP contribution in [0, 0.1) is 13.8 Å². The summed E-state index contributed by atoms with van der Waals surface area (Å²) in [7, 11) is 4.11. The zero-order valence-electron chi connectivity index (χ0n) is 17.2. The van der Waals surface area contributed by atoms with Crippen LogP contribution < -0.4 is 0 Å². The summed E-state index contributed by atoms with van der Waals surface area (Å²) < 4.78 is 7.25. The lowest BCUT2D eigenvalue weighted by molar-refractivity contribution is 0.0248. The summed E-state index contributed by atoms with van der Waals surface area (Å²) >= 11 is 0. The van der Waals surface area contributed by atoms with Gasteiger partial charge < -0.3 is 9.42 Å². The Morgan fingerprint density at radius 2 is 1.96 bits per heavy atom. The molecule has 2 aromatic rings. The minimum atomic E-state index is -0.404. The molecule has 1 aliphatic carbocycles. The van der Waals surface area contributed by atoms with Gasteiger partial charge in [0.05, 0.1) is 11.7 Å². The zero-order valence-corrected chi connectivity index (χ0v) is 17.2. The smallest absolute Gasteiger partial charge is 0.259 e. The number of hydrogen-bond acceptors (Lipinski definition) is 7. The highest BCUT2D eigenvalue weighted by Gasteiger charge is 2.46. The molecular weight excluding hydrogens is 358 g/mol. The molecular formula is C19H29N7O2. The molecule has 0 aromatic carbocycles. The van der Waals surface area contributed by atoms with Gasteiger partial charge in [0.15, 0.2) is 5.82 Å². The van der Waals surface area contributed by atoms with E-state index in [9.17, 15) is 4.79 Å². The second kappa shape index (κ2) is 7.27. The van der Waals surface area contributed by atoms with Gasteiger partial charge in [-0.3, -0.25) is 9.69 Å². The van der Waals surface area contributed by atoms with E-state index in [1.54, 1.807) is 6.92 Å². The molecule has 1 atom stereocenters. The Morgan fingerprint density at radius 1 is 1.21 bits per heavy atom. The predicted molar refractivity (Wildman–Crippen MR) is 102 cm³/mol. The van der Waals surface area contributed by atoms with Gasteiger partial charge in [0, 0.05) is 13.1 Å². The van der Waals surface area contributed by atoms with Crippen molar-refractivity contribution in [2.45, 2.75) is 64.0 Å². The van der Waals surface area contributed by atoms with Gasteiger partial charge in [-0.1, -0.05) is 18.0 Å². The molecule has 0 N–H and O–H groups in total. The van der Waals surface area contributed by atoms with Gasteiger partial charge in [-0.2, -0.15) is 0 Å². The molecule has 1 amide bonds. The number of tetrazole rings is 1. The van der Waals surface area contributed by atoms with Crippen LogP contribution in [0.5, 0.6) is 0 Å². The molecule has 28 heavy (non-hydrogen) atoms. The van der Waals surface area contributed by atoms with Gasteiger partial charge in [-0.05, 0) is 64.1 Å². The first-order valence-corrected chi connectivity index (χ1v) is 10.1. The van der Waals surface area contributed by atoms with Gasteiger partial charge in [0.1, 0.15) is 16.9 Å². The molecule has 0 bridgehead atoms. The van der Waals surface area contributed by atoms with Crippen molar-refractivity contribution in [2.75, 3.05) is 27.2 Å². The highest BCUT2D eigenvalue weighted by atomic mass is 16.5. The summed E-state index contributed by atoms with van der Waals surface area (Å²) in [5, 5.41) is 16.8. The normalized spacial score (nSPS) is 23.7. The topological polar surface area (TPSA) is 93.2 Å². The Labute approximate surface area is 165 Å². The molecule has 1 saturated carbocycles. The Bertz CT molecular complexity index is 833. The van der Waals surface area contributed by atoms with Crippen LogP contribution in [0.3, 0.4) is 0 Å². The standard InChI is InChI=1S/C19H29N7O2/c1-13-16(14(2)28-21-13)17(27)25-11-7-10-19(12-25,24(3)4)18-20-22-23-26(18)15-8-5-6-9-15/h15H,5-12H2,1-4H3. The maximum atomic E-state index is 13.3. The van der Waals surface area contributed by atoms with Crippen molar-refractivity contribution in [3.63, 3.8) is 0 Å². The van der Waals surface area contributed by atoms with Crippen molar-refractivity contribution < 1.29 is 9.32 Å². The first kappa shape index (κ1) is 19.0. The van der Waals surface area contributed by atoms with E-state index in [0.717, 1.165) is 31.5 Å². The monoisotopic (exact) mass is 387 g/mol. The molecule has 1 saturated heterocycles. The summed E-state index contributed by atoms with van der Waals surface area (Å²) in [5.41, 5.74) is 0.808. The minimum Gasteiger partial charge on any atom is -0.361 e. The number of carbonyl (C=O) groups is 1. The number of likely N-dealkylation sites (N-methyl/N-ethyl adjacent to an activating group) is 1. The zero-order chi connectivity index (χ0) is 19.9. The van der Waals surface area contributed by atoms with Crippen LogP contribution in [-0.2, 0) is 5.54 Å². The van der Waals surface area contributed by atoms with Crippen molar-refractivity contribution in [3.05, 3.63) is 22.8 Å². The van der Waals surface area contributed by atoms with E-state index in [1.807, 2.05) is 16.5 Å². The second-order valence-electron chi connectivity index (χ2n) is 8.34. The summed E-state index contributed by atoms with van der Waals surface area (Å²) in [6, 6.07) is 0.357. The summed E-state index contributed by atoms with van der Waals surface area (Å²) in [6.07, 6.45) is 6.47. The molecule has 152 valence electrons. The highest BCUT2D eigenvalue weighted by molar-refractivity contribution is 5.96. The minimum absolute atomic E-state index is 0.0259. The molecule has 0 radical (unpaired) electrons. The van der Waals surface area contributed by atoms with Crippen LogP contribution in [0.25, 0.3) is 0 Å². The van der Waals surface area contributed by atoms with Gasteiger partial charge in [-0.25, -0.2) is 4.68 Å². The number of carbonyl (C=O) groups excluding carboxylic acids is 1. The van der Waals surface area contributed by atoms with E-state index in [0.29, 0.717) is 36.1 Å². The van der Waals surface area contributed by atoms with E-state index in [-0.39, 0.29) is 5.91 Å². The van der Waals surface area contributed by atoms with Crippen LogP contribution >= 0.6 is 0 Å². The number of aromatic nitrogens is 5. The third-order valence-electron chi connectivity index (χ3n) is 6.44. The molecule has 9 heteroatoms. The molecule has 1 unspecified atom stereocenters. The maximum absolute atomic E-state index is 13.3. The van der Waals surface area contributed by atoms with E-state index in [2.05, 4.69) is 39.7 Å². The summed E-state index contributed by atoms with van der Waals surface area (Å²) in [6.45, 7) is 4.87. The number of hydrogen-bond donors (Lipinski definition) is 0. The van der Waals surface area contributed by atoms with Crippen LogP contribution in [0.15, 0.2) is 4.52 Å². The van der Waals surface area contributed by atoms with Crippen LogP contribution in [0.2, 0.25) is 0 Å². The van der Waals surface area contributed by atoms with E-state index in [4.69, 9.17) is 4.52 Å². The lowest BCUT2D eigenvalue weighted by Crippen LogP contribution is -2.56. The Balaban J connectivity index is 1.68. The molecule has 9 nitrogen and oxygen atoms in total. The fraction of sp³-hybridized carbons (Fsp3) is 0.737. The predicted octanol–water partition coefficient (Wildman–Crippen LogP) is 2.09. The second-order valence-corrected chi connectivity index (χ2v) is 8.34. The van der Waals surface area contributed by atoms with E-state index in [1.165, 1.54) is 12.8 Å². The summed E-state index contributed by atoms with van der Waals surface area (Å²) in [5.74, 6) is 1.42. The maximum Gasteiger partial charge on any atom is 0.259 e. The van der Waals surface area contributed by atoms with Crippen molar-refractivity contribution in [3.8, 4) is 0 Å². The Morgan fingerprint density at radius 3 is 2.61 bits per heavy atom. The first-order chi connectivity index (χ1) is 13.4. The third kappa shape index (κ3) is 3.01. The molecule has 2 fully saturated rings. The van der Waals surface area contributed by atoms with Gasteiger partial charge in [0.25, 0.3) is 5.91 Å². The van der Waals surface area contributed by atoms with Crippen LogP contribution in [0.4, 0.5) is 0 Å². The molecule has 2 aliphatic rings. The van der Waals surface area contributed by atoms with E-state index >= 15 is 0 Å². The van der Waals surface area contributed by atoms with Crippen molar-refractivity contribution in [2.24, 2.45) is 0 Å². The van der Waals surface area contributed by atoms with Gasteiger partial charge in [-0.15, -0.1) is 5.10 Å². The SMILES string of the molecule is Cc1noc(C)c1C(=O)N1CCCC(c2nnnn2C2CCCC2)(N(C)C)C1. The van der Waals surface area contributed by atoms with Gasteiger partial charge in [0.2, 0.25) is 0 Å². The largest absolute Gasteiger partial charge is 0.361 e. The average molecular weight is 387 g/mol. The molecule has 1 aliphatic heterocycles. The molecule has 4 rings (SSSR count). The van der Waals surface area contributed by atoms with Crippen molar-refractivity contribution >= 4 is 5.91 Å². The number of aryl methyl sites for hydroxylation is 2. The average Bonchev–Trinajstić information content (AvgIpc) is 3.42.